The number of ether oxygens (including phenoxy) is 3. The van der Waals surface area contributed by atoms with Crippen LogP contribution in [0.1, 0.15) is 86.5 Å². The smallest absolute Gasteiger partial charge is 0.292 e. The number of hydrogen-bond acceptors (Lipinski definition) is 7. The Morgan fingerprint density at radius 1 is 1.13 bits per heavy atom. The summed E-state index contributed by atoms with van der Waals surface area (Å²) in [6.07, 6.45) is 12.8. The van der Waals surface area contributed by atoms with Crippen LogP contribution in [0.4, 0.5) is 0 Å². The van der Waals surface area contributed by atoms with E-state index in [4.69, 9.17) is 14.2 Å². The summed E-state index contributed by atoms with van der Waals surface area (Å²) in [7, 11) is 0. The third kappa shape index (κ3) is 4.04. The number of aliphatic hydroxyl groups is 1. The Morgan fingerprint density at radius 2 is 1.87 bits per heavy atom. The SMILES string of the molecule is CSC(=O)C[C@@]12O[C@@H]([C@@H](C)[C@H]3CC[C@H]4[C@@H]5[C@H](O)CC6=CC(=O)C=C[C@]6(C)[C@H]5CC[C@]34C)C[C@@](C)(O1)C(C)(C)O2. The third-order valence-corrected chi connectivity index (χ3v) is 13.0. The van der Waals surface area contributed by atoms with Crippen molar-refractivity contribution in [3.63, 3.8) is 0 Å². The van der Waals surface area contributed by atoms with Crippen LogP contribution in [0.3, 0.4) is 0 Å². The molecule has 3 saturated carbocycles. The summed E-state index contributed by atoms with van der Waals surface area (Å²) < 4.78 is 19.5. The molecule has 0 unspecified atom stereocenters. The van der Waals surface area contributed by atoms with Gasteiger partial charge in [0.2, 0.25) is 0 Å². The number of carbonyl (C=O) groups excluding carboxylic acids is 2. The van der Waals surface area contributed by atoms with Crippen molar-refractivity contribution >= 4 is 22.7 Å². The van der Waals surface area contributed by atoms with Crippen LogP contribution in [0.2, 0.25) is 0 Å². The van der Waals surface area contributed by atoms with Gasteiger partial charge in [-0.15, -0.1) is 0 Å². The Hall–Kier alpha value is -0.990. The summed E-state index contributed by atoms with van der Waals surface area (Å²) in [6.45, 7) is 13.3. The van der Waals surface area contributed by atoms with Gasteiger partial charge in [-0.1, -0.05) is 44.2 Å². The van der Waals surface area contributed by atoms with Crippen LogP contribution in [0.5, 0.6) is 0 Å². The van der Waals surface area contributed by atoms with Crippen molar-refractivity contribution in [2.75, 3.05) is 6.26 Å². The molecule has 11 atom stereocenters. The van der Waals surface area contributed by atoms with E-state index >= 15 is 0 Å². The molecule has 0 aromatic heterocycles. The number of allylic oxidation sites excluding steroid dienone is 3. The lowest BCUT2D eigenvalue weighted by Crippen LogP contribution is -2.56. The van der Waals surface area contributed by atoms with E-state index in [9.17, 15) is 14.7 Å². The summed E-state index contributed by atoms with van der Waals surface area (Å²) in [5, 5.41) is 11.5. The summed E-state index contributed by atoms with van der Waals surface area (Å²) in [5.74, 6) is 0.465. The molecule has 2 bridgehead atoms. The molecule has 2 heterocycles. The van der Waals surface area contributed by atoms with Gasteiger partial charge >= 0.3 is 0 Å². The zero-order valence-corrected chi connectivity index (χ0v) is 25.4. The Labute approximate surface area is 237 Å². The quantitative estimate of drug-likeness (QED) is 0.465. The van der Waals surface area contributed by atoms with E-state index in [0.29, 0.717) is 24.2 Å². The number of ketones is 1. The van der Waals surface area contributed by atoms with Crippen LogP contribution >= 0.6 is 11.8 Å². The molecule has 0 amide bonds. The molecule has 216 valence electrons. The molecule has 6 nitrogen and oxygen atoms in total. The fourth-order valence-corrected chi connectivity index (χ4v) is 10.3. The monoisotopic (exact) mass is 558 g/mol. The summed E-state index contributed by atoms with van der Waals surface area (Å²) in [5.41, 5.74) is -0.0293. The molecular weight excluding hydrogens is 512 g/mol. The van der Waals surface area contributed by atoms with Gasteiger partial charge in [-0.25, -0.2) is 0 Å². The molecule has 7 heteroatoms. The Balaban J connectivity index is 1.27. The van der Waals surface area contributed by atoms with E-state index < -0.39 is 23.3 Å². The molecule has 5 fully saturated rings. The van der Waals surface area contributed by atoms with Crippen molar-refractivity contribution in [2.24, 2.45) is 40.4 Å². The first-order chi connectivity index (χ1) is 18.2. The molecule has 0 spiro atoms. The van der Waals surface area contributed by atoms with E-state index in [1.54, 1.807) is 18.4 Å². The van der Waals surface area contributed by atoms with Crippen LogP contribution in [0.15, 0.2) is 23.8 Å². The minimum Gasteiger partial charge on any atom is -0.392 e. The molecule has 0 aromatic rings. The predicted molar refractivity (Wildman–Crippen MR) is 151 cm³/mol. The molecule has 2 aliphatic heterocycles. The van der Waals surface area contributed by atoms with Gasteiger partial charge in [-0.2, -0.15) is 0 Å². The highest BCUT2D eigenvalue weighted by molar-refractivity contribution is 8.13. The van der Waals surface area contributed by atoms with Gasteiger partial charge in [-0.3, -0.25) is 9.59 Å². The lowest BCUT2D eigenvalue weighted by Gasteiger charge is -2.59. The number of carbonyl (C=O) groups is 2. The van der Waals surface area contributed by atoms with Gasteiger partial charge in [0, 0.05) is 11.8 Å². The Morgan fingerprint density at radius 3 is 2.59 bits per heavy atom. The van der Waals surface area contributed by atoms with Gasteiger partial charge in [0.15, 0.2) is 10.9 Å². The van der Waals surface area contributed by atoms with Crippen LogP contribution < -0.4 is 0 Å². The predicted octanol–water partition coefficient (Wildman–Crippen LogP) is 5.82. The number of fused-ring (bicyclic) bond motifs is 7. The number of thioether (sulfide) groups is 1. The van der Waals surface area contributed by atoms with Gasteiger partial charge in [0.1, 0.15) is 5.60 Å². The van der Waals surface area contributed by atoms with Crippen molar-refractivity contribution in [2.45, 2.75) is 116 Å². The van der Waals surface area contributed by atoms with E-state index in [0.717, 1.165) is 37.7 Å². The molecule has 0 aromatic carbocycles. The summed E-state index contributed by atoms with van der Waals surface area (Å²) in [6, 6.07) is 0. The number of hydrogen-bond donors (Lipinski definition) is 1. The maximum Gasteiger partial charge on any atom is 0.292 e. The van der Waals surface area contributed by atoms with Crippen LogP contribution in [-0.2, 0) is 23.8 Å². The van der Waals surface area contributed by atoms with Gasteiger partial charge in [0.05, 0.1) is 24.2 Å². The van der Waals surface area contributed by atoms with Crippen LogP contribution in [0, 0.1) is 40.4 Å². The van der Waals surface area contributed by atoms with Crippen molar-refractivity contribution in [3.05, 3.63) is 23.8 Å². The molecule has 1 N–H and O–H groups in total. The maximum absolute atomic E-state index is 12.5. The van der Waals surface area contributed by atoms with Crippen molar-refractivity contribution < 1.29 is 28.9 Å². The summed E-state index contributed by atoms with van der Waals surface area (Å²) >= 11 is 1.19. The second-order valence-corrected chi connectivity index (χ2v) is 15.4. The molecule has 4 aliphatic carbocycles. The number of aliphatic hydroxyl groups excluding tert-OH is 1. The largest absolute Gasteiger partial charge is 0.392 e. The van der Waals surface area contributed by atoms with Gasteiger partial charge < -0.3 is 19.3 Å². The van der Waals surface area contributed by atoms with Crippen LogP contribution in [-0.4, -0.2) is 51.6 Å². The van der Waals surface area contributed by atoms with E-state index in [2.05, 4.69) is 33.8 Å². The number of rotatable bonds is 4. The Bertz CT molecular complexity index is 1130. The highest BCUT2D eigenvalue weighted by atomic mass is 32.2. The standard InChI is InChI=1S/C32H46O6S/c1-18(25-16-31(6)28(2,3)37-32(36-25,38-31)17-26(35)39-7)21-8-9-22-27-23(11-13-30(21,22)5)29(4)12-10-20(33)14-19(29)15-24(27)34/h10,12,14,18,21-25,27,34H,8-9,11,13,15-17H2,1-7H3/t18-,21+,22-,23-,24+,25+,27-,29-,30+,31+,32-/m0/s1. The minimum absolute atomic E-state index is 0.00114. The highest BCUT2D eigenvalue weighted by Gasteiger charge is 2.68. The highest BCUT2D eigenvalue weighted by Crippen LogP contribution is 2.68. The van der Waals surface area contributed by atoms with Crippen molar-refractivity contribution in [1.29, 1.82) is 0 Å². The van der Waals surface area contributed by atoms with Gasteiger partial charge in [-0.05, 0) is 106 Å². The average Bonchev–Trinajstić information content (AvgIpc) is 3.26. The molecule has 6 rings (SSSR count). The zero-order chi connectivity index (χ0) is 28.2. The fraction of sp³-hybridized carbons (Fsp3) is 0.812. The van der Waals surface area contributed by atoms with E-state index in [1.165, 1.54) is 11.8 Å². The fourth-order valence-electron chi connectivity index (χ4n) is 9.97. The lowest BCUT2D eigenvalue weighted by atomic mass is 9.46. The third-order valence-electron chi connectivity index (χ3n) is 12.4. The van der Waals surface area contributed by atoms with Crippen LogP contribution in [0.25, 0.3) is 0 Å². The topological polar surface area (TPSA) is 82.1 Å². The first-order valence-corrected chi connectivity index (χ1v) is 16.2. The van der Waals surface area contributed by atoms with E-state index in [-0.39, 0.29) is 46.1 Å². The Kier molecular flexibility index (Phi) is 6.50. The second kappa shape index (κ2) is 9.00. The molecule has 2 saturated heterocycles. The second-order valence-electron chi connectivity index (χ2n) is 14.6. The lowest BCUT2D eigenvalue weighted by molar-refractivity contribution is -0.392. The summed E-state index contributed by atoms with van der Waals surface area (Å²) in [4.78, 5) is 24.7. The molecule has 6 aliphatic rings. The van der Waals surface area contributed by atoms with Crippen molar-refractivity contribution in [1.82, 2.24) is 0 Å². The molecular formula is C32H46O6S. The van der Waals surface area contributed by atoms with Crippen molar-refractivity contribution in [3.8, 4) is 0 Å². The first kappa shape index (κ1) is 28.1. The average molecular weight is 559 g/mol. The van der Waals surface area contributed by atoms with E-state index in [1.807, 2.05) is 13.8 Å². The first-order valence-electron chi connectivity index (χ1n) is 14.9. The normalized spacial score (nSPS) is 50.6. The maximum atomic E-state index is 12.5. The molecule has 39 heavy (non-hydrogen) atoms. The molecule has 0 radical (unpaired) electrons. The zero-order valence-electron chi connectivity index (χ0n) is 24.6. The van der Waals surface area contributed by atoms with Gasteiger partial charge in [0.25, 0.3) is 5.97 Å². The minimum atomic E-state index is -1.33.